The molecule has 1 rings (SSSR count). The van der Waals surface area contributed by atoms with Gasteiger partial charge in [-0.15, -0.1) is 0 Å². The van der Waals surface area contributed by atoms with Gasteiger partial charge in [0.25, 0.3) is 0 Å². The van der Waals surface area contributed by atoms with E-state index < -0.39 is 0 Å². The highest BCUT2D eigenvalue weighted by Gasteiger charge is 2.11. The Hall–Kier alpha value is -1.26. The van der Waals surface area contributed by atoms with Crippen LogP contribution in [-0.4, -0.2) is 33.2 Å². The standard InChI is InChI=1S/C14H19ClO4/c1-10(2)9-18-4-5-19-14-12(15)6-11(8-16)7-13(14)17-3/h6-8,10H,4-5,9H2,1-3H3. The lowest BCUT2D eigenvalue weighted by molar-refractivity contribution is 0.0811. The number of methoxy groups -OCH3 is 1. The van der Waals surface area contributed by atoms with Gasteiger partial charge in [-0.3, -0.25) is 4.79 Å². The van der Waals surface area contributed by atoms with Crippen LogP contribution >= 0.6 is 11.6 Å². The summed E-state index contributed by atoms with van der Waals surface area (Å²) in [6.45, 7) is 5.71. The average molecular weight is 287 g/mol. The number of benzene rings is 1. The van der Waals surface area contributed by atoms with E-state index in [1.807, 2.05) is 0 Å². The van der Waals surface area contributed by atoms with Crippen molar-refractivity contribution in [3.05, 3.63) is 22.7 Å². The molecule has 0 N–H and O–H groups in total. The van der Waals surface area contributed by atoms with E-state index in [1.165, 1.54) is 7.11 Å². The first kappa shape index (κ1) is 15.8. The van der Waals surface area contributed by atoms with Crippen molar-refractivity contribution in [3.8, 4) is 11.5 Å². The van der Waals surface area contributed by atoms with Crippen LogP contribution in [0.1, 0.15) is 24.2 Å². The number of halogens is 1. The van der Waals surface area contributed by atoms with Gasteiger partial charge >= 0.3 is 0 Å². The van der Waals surface area contributed by atoms with Gasteiger partial charge in [-0.1, -0.05) is 25.4 Å². The van der Waals surface area contributed by atoms with Gasteiger partial charge in [0.1, 0.15) is 12.9 Å². The van der Waals surface area contributed by atoms with Gasteiger partial charge in [-0.2, -0.15) is 0 Å². The molecule has 0 aliphatic heterocycles. The summed E-state index contributed by atoms with van der Waals surface area (Å²) in [7, 11) is 1.50. The number of hydrogen-bond acceptors (Lipinski definition) is 4. The molecule has 1 aromatic rings. The van der Waals surface area contributed by atoms with E-state index in [-0.39, 0.29) is 0 Å². The minimum absolute atomic E-state index is 0.352. The maximum atomic E-state index is 10.7. The van der Waals surface area contributed by atoms with Crippen LogP contribution in [0, 0.1) is 5.92 Å². The van der Waals surface area contributed by atoms with E-state index in [0.717, 1.165) is 0 Å². The summed E-state index contributed by atoms with van der Waals surface area (Å²) in [6, 6.07) is 3.13. The van der Waals surface area contributed by atoms with Crippen molar-refractivity contribution < 1.29 is 19.0 Å². The van der Waals surface area contributed by atoms with E-state index in [0.29, 0.717) is 54.1 Å². The van der Waals surface area contributed by atoms with Crippen molar-refractivity contribution >= 4 is 17.9 Å². The third-order valence-corrected chi connectivity index (χ3v) is 2.59. The zero-order chi connectivity index (χ0) is 14.3. The van der Waals surface area contributed by atoms with Crippen LogP contribution in [0.5, 0.6) is 11.5 Å². The van der Waals surface area contributed by atoms with E-state index in [2.05, 4.69) is 13.8 Å². The minimum atomic E-state index is 0.352. The van der Waals surface area contributed by atoms with E-state index in [4.69, 9.17) is 25.8 Å². The van der Waals surface area contributed by atoms with Gasteiger partial charge in [0.15, 0.2) is 11.5 Å². The Kier molecular flexibility index (Phi) is 6.67. The Morgan fingerprint density at radius 1 is 1.32 bits per heavy atom. The predicted octanol–water partition coefficient (Wildman–Crippen LogP) is 3.21. The van der Waals surface area contributed by atoms with Crippen molar-refractivity contribution in [1.82, 2.24) is 0 Å². The van der Waals surface area contributed by atoms with Crippen molar-refractivity contribution in [2.75, 3.05) is 26.9 Å². The average Bonchev–Trinajstić information content (AvgIpc) is 2.38. The van der Waals surface area contributed by atoms with E-state index in [1.54, 1.807) is 12.1 Å². The smallest absolute Gasteiger partial charge is 0.179 e. The fourth-order valence-corrected chi connectivity index (χ4v) is 1.74. The fourth-order valence-electron chi connectivity index (χ4n) is 1.47. The quantitative estimate of drug-likeness (QED) is 0.544. The third-order valence-electron chi connectivity index (χ3n) is 2.31. The molecule has 0 aliphatic carbocycles. The monoisotopic (exact) mass is 286 g/mol. The Balaban J connectivity index is 2.59. The summed E-state index contributed by atoms with van der Waals surface area (Å²) in [5.74, 6) is 1.37. The summed E-state index contributed by atoms with van der Waals surface area (Å²) in [4.78, 5) is 10.7. The highest BCUT2D eigenvalue weighted by molar-refractivity contribution is 6.32. The summed E-state index contributed by atoms with van der Waals surface area (Å²) in [5.41, 5.74) is 0.449. The molecule has 4 nitrogen and oxygen atoms in total. The van der Waals surface area contributed by atoms with Gasteiger partial charge in [-0.25, -0.2) is 0 Å². The van der Waals surface area contributed by atoms with Gasteiger partial charge in [0.2, 0.25) is 0 Å². The van der Waals surface area contributed by atoms with Crippen LogP contribution < -0.4 is 9.47 Å². The van der Waals surface area contributed by atoms with E-state index >= 15 is 0 Å². The van der Waals surface area contributed by atoms with Gasteiger partial charge in [-0.05, 0) is 18.1 Å². The Morgan fingerprint density at radius 2 is 2.05 bits per heavy atom. The third kappa shape index (κ3) is 5.09. The molecule has 0 saturated heterocycles. The molecule has 0 bridgehead atoms. The van der Waals surface area contributed by atoms with Crippen LogP contribution in [-0.2, 0) is 4.74 Å². The van der Waals surface area contributed by atoms with E-state index in [9.17, 15) is 4.79 Å². The molecule has 0 saturated carbocycles. The van der Waals surface area contributed by atoms with Crippen molar-refractivity contribution in [3.63, 3.8) is 0 Å². The van der Waals surface area contributed by atoms with Crippen LogP contribution in [0.25, 0.3) is 0 Å². The molecule has 19 heavy (non-hydrogen) atoms. The fraction of sp³-hybridized carbons (Fsp3) is 0.500. The maximum Gasteiger partial charge on any atom is 0.179 e. The molecule has 0 heterocycles. The summed E-state index contributed by atoms with van der Waals surface area (Å²) >= 11 is 6.05. The number of carbonyl (C=O) groups excluding carboxylic acids is 1. The predicted molar refractivity (Wildman–Crippen MR) is 74.5 cm³/mol. The number of ether oxygens (including phenoxy) is 3. The van der Waals surface area contributed by atoms with Crippen molar-refractivity contribution in [2.45, 2.75) is 13.8 Å². The van der Waals surface area contributed by atoms with Gasteiger partial charge < -0.3 is 14.2 Å². The Morgan fingerprint density at radius 3 is 2.63 bits per heavy atom. The number of hydrogen-bond donors (Lipinski definition) is 0. The first-order valence-electron chi connectivity index (χ1n) is 6.11. The summed E-state index contributed by atoms with van der Waals surface area (Å²) < 4.78 is 16.1. The molecule has 5 heteroatoms. The number of aldehydes is 1. The SMILES string of the molecule is COc1cc(C=O)cc(Cl)c1OCCOCC(C)C. The zero-order valence-electron chi connectivity index (χ0n) is 11.4. The summed E-state index contributed by atoms with van der Waals surface area (Å²) in [5, 5.41) is 0.352. The molecule has 0 aliphatic rings. The van der Waals surface area contributed by atoms with Crippen LogP contribution in [0.15, 0.2) is 12.1 Å². The maximum absolute atomic E-state index is 10.7. The lowest BCUT2D eigenvalue weighted by Gasteiger charge is -2.13. The zero-order valence-corrected chi connectivity index (χ0v) is 12.2. The minimum Gasteiger partial charge on any atom is -0.493 e. The second kappa shape index (κ2) is 8.02. The lowest BCUT2D eigenvalue weighted by atomic mass is 10.2. The number of rotatable bonds is 8. The second-order valence-electron chi connectivity index (χ2n) is 4.47. The van der Waals surface area contributed by atoms with Crippen LogP contribution in [0.2, 0.25) is 5.02 Å². The van der Waals surface area contributed by atoms with Gasteiger partial charge in [0, 0.05) is 12.2 Å². The molecule has 0 amide bonds. The molecule has 0 atom stereocenters. The van der Waals surface area contributed by atoms with Crippen LogP contribution in [0.3, 0.4) is 0 Å². The molecule has 0 unspecified atom stereocenters. The van der Waals surface area contributed by atoms with Crippen molar-refractivity contribution in [1.29, 1.82) is 0 Å². The van der Waals surface area contributed by atoms with Gasteiger partial charge in [0.05, 0.1) is 18.7 Å². The molecular weight excluding hydrogens is 268 g/mol. The normalized spacial score (nSPS) is 10.6. The topological polar surface area (TPSA) is 44.8 Å². The Labute approximate surface area is 118 Å². The lowest BCUT2D eigenvalue weighted by Crippen LogP contribution is -2.11. The largest absolute Gasteiger partial charge is 0.493 e. The molecule has 0 aromatic heterocycles. The molecule has 0 radical (unpaired) electrons. The highest BCUT2D eigenvalue weighted by atomic mass is 35.5. The molecule has 1 aromatic carbocycles. The molecule has 0 spiro atoms. The molecular formula is C14H19ClO4. The first-order chi connectivity index (χ1) is 9.08. The highest BCUT2D eigenvalue weighted by Crippen LogP contribution is 2.35. The molecule has 106 valence electrons. The second-order valence-corrected chi connectivity index (χ2v) is 4.88. The van der Waals surface area contributed by atoms with Crippen molar-refractivity contribution in [2.24, 2.45) is 5.92 Å². The first-order valence-corrected chi connectivity index (χ1v) is 6.49. The van der Waals surface area contributed by atoms with Crippen LogP contribution in [0.4, 0.5) is 0 Å². The molecule has 0 fully saturated rings. The Bertz CT molecular complexity index is 418. The number of carbonyl (C=O) groups is 1. The summed E-state index contributed by atoms with van der Waals surface area (Å²) in [6.07, 6.45) is 0.712.